The van der Waals surface area contributed by atoms with Gasteiger partial charge in [0.25, 0.3) is 11.8 Å². The van der Waals surface area contributed by atoms with Crippen molar-refractivity contribution in [3.8, 4) is 0 Å². The van der Waals surface area contributed by atoms with Gasteiger partial charge in [-0.15, -0.1) is 0 Å². The number of furan rings is 1. The van der Waals surface area contributed by atoms with E-state index in [0.717, 1.165) is 13.0 Å². The molecule has 0 radical (unpaired) electrons. The van der Waals surface area contributed by atoms with E-state index in [9.17, 15) is 18.4 Å². The van der Waals surface area contributed by atoms with E-state index < -0.39 is 17.3 Å². The maximum absolute atomic E-state index is 13.9. The Bertz CT molecular complexity index is 910. The summed E-state index contributed by atoms with van der Waals surface area (Å²) in [6.45, 7) is 5.82. The number of likely N-dealkylation sites (tertiary alicyclic amines) is 1. The number of halogens is 2. The zero-order chi connectivity index (χ0) is 21.5. The van der Waals surface area contributed by atoms with Gasteiger partial charge in [0, 0.05) is 32.0 Å². The highest BCUT2D eigenvalue weighted by Crippen LogP contribution is 2.44. The van der Waals surface area contributed by atoms with E-state index in [2.05, 4.69) is 6.58 Å². The number of piperidine rings is 1. The van der Waals surface area contributed by atoms with E-state index >= 15 is 0 Å². The molecule has 30 heavy (non-hydrogen) atoms. The number of hydrogen-bond donors (Lipinski definition) is 0. The minimum absolute atomic E-state index is 0.146. The van der Waals surface area contributed by atoms with E-state index in [1.54, 1.807) is 21.9 Å². The molecule has 0 unspecified atom stereocenters. The highest BCUT2D eigenvalue weighted by Gasteiger charge is 2.58. The third-order valence-electron chi connectivity index (χ3n) is 6.00. The third-order valence-corrected chi connectivity index (χ3v) is 6.00. The van der Waals surface area contributed by atoms with Crippen molar-refractivity contribution in [2.75, 3.05) is 13.1 Å². The molecular formula is C22H24F2N2O4. The Labute approximate surface area is 173 Å². The molecule has 0 saturated carbocycles. The minimum Gasteiger partial charge on any atom is -0.459 e. The highest BCUT2D eigenvalue weighted by atomic mass is 19.1. The van der Waals surface area contributed by atoms with Gasteiger partial charge in [-0.1, -0.05) is 6.58 Å². The van der Waals surface area contributed by atoms with Gasteiger partial charge in [-0.2, -0.15) is 0 Å². The molecule has 6 nitrogen and oxygen atoms in total. The lowest BCUT2D eigenvalue weighted by Crippen LogP contribution is -2.52. The smallest absolute Gasteiger partial charge is 0.289 e. The van der Waals surface area contributed by atoms with Crippen LogP contribution in [0.1, 0.15) is 43.2 Å². The number of hydrogen-bond acceptors (Lipinski definition) is 4. The quantitative estimate of drug-likeness (QED) is 0.696. The van der Waals surface area contributed by atoms with Gasteiger partial charge in [0.15, 0.2) is 11.4 Å². The maximum atomic E-state index is 13.9. The number of carbonyl (C=O) groups is 2. The van der Waals surface area contributed by atoms with Crippen molar-refractivity contribution < 1.29 is 27.5 Å². The standard InChI is InChI=1S/C22H24F2N2O4/c1-14(12-16(24)13-15(2)23)17-5-6-19-26(17)21(28)22(30-19)7-9-25(10-8-22)20(27)18-4-3-11-29-18/h3-4,11-13,17,19H,1,5-10H2,2H3/b15-13+,16-12+/t17-,19+/m0/s1. The normalized spacial score (nSPS) is 26.4. The van der Waals surface area contributed by atoms with Crippen molar-refractivity contribution in [3.05, 3.63) is 60.1 Å². The van der Waals surface area contributed by atoms with Crippen LogP contribution in [0.15, 0.2) is 58.8 Å². The molecule has 160 valence electrons. The topological polar surface area (TPSA) is 63.0 Å². The SMILES string of the molecule is C=C(/C=C(F)\C=C(/C)F)[C@@H]1CC[C@H]2OC3(CCN(C(=O)c4ccco4)CC3)C(=O)N21. The summed E-state index contributed by atoms with van der Waals surface area (Å²) in [5, 5.41) is 0. The molecule has 1 aromatic rings. The third kappa shape index (κ3) is 3.60. The summed E-state index contributed by atoms with van der Waals surface area (Å²) < 4.78 is 38.1. The van der Waals surface area contributed by atoms with Crippen LogP contribution in [0.4, 0.5) is 8.78 Å². The van der Waals surface area contributed by atoms with Crippen molar-refractivity contribution in [2.24, 2.45) is 0 Å². The van der Waals surface area contributed by atoms with Crippen molar-refractivity contribution >= 4 is 11.8 Å². The lowest BCUT2D eigenvalue weighted by molar-refractivity contribution is -0.142. The van der Waals surface area contributed by atoms with Crippen molar-refractivity contribution in [1.29, 1.82) is 0 Å². The summed E-state index contributed by atoms with van der Waals surface area (Å²) >= 11 is 0. The number of carbonyl (C=O) groups excluding carboxylic acids is 2. The molecule has 3 fully saturated rings. The van der Waals surface area contributed by atoms with E-state index in [-0.39, 0.29) is 29.8 Å². The van der Waals surface area contributed by atoms with Gasteiger partial charge in [0.1, 0.15) is 12.1 Å². The molecule has 3 aliphatic rings. The number of fused-ring (bicyclic) bond motifs is 1. The van der Waals surface area contributed by atoms with Gasteiger partial charge in [0.2, 0.25) is 0 Å². The second-order valence-electron chi connectivity index (χ2n) is 7.98. The van der Waals surface area contributed by atoms with Gasteiger partial charge >= 0.3 is 0 Å². The van der Waals surface area contributed by atoms with E-state index in [1.807, 2.05) is 0 Å². The Morgan fingerprint density at radius 1 is 1.27 bits per heavy atom. The average molecular weight is 418 g/mol. The first-order chi connectivity index (χ1) is 14.3. The number of ether oxygens (including phenoxy) is 1. The van der Waals surface area contributed by atoms with Gasteiger partial charge in [-0.05, 0) is 43.5 Å². The van der Waals surface area contributed by atoms with E-state index in [4.69, 9.17) is 9.15 Å². The van der Waals surface area contributed by atoms with Gasteiger partial charge in [-0.25, -0.2) is 8.78 Å². The number of amides is 2. The molecule has 3 saturated heterocycles. The maximum Gasteiger partial charge on any atom is 0.289 e. The van der Waals surface area contributed by atoms with Gasteiger partial charge in [0.05, 0.1) is 18.1 Å². The Kier molecular flexibility index (Phi) is 5.36. The predicted octanol–water partition coefficient (Wildman–Crippen LogP) is 3.88. The zero-order valence-corrected chi connectivity index (χ0v) is 16.8. The predicted molar refractivity (Wildman–Crippen MR) is 105 cm³/mol. The number of nitrogens with zero attached hydrogens (tertiary/aromatic N) is 2. The van der Waals surface area contributed by atoms with Crippen LogP contribution in [0.25, 0.3) is 0 Å². The van der Waals surface area contributed by atoms with Crippen LogP contribution >= 0.6 is 0 Å². The van der Waals surface area contributed by atoms with Crippen LogP contribution in [0.5, 0.6) is 0 Å². The van der Waals surface area contributed by atoms with Gasteiger partial charge in [-0.3, -0.25) is 9.59 Å². The van der Waals surface area contributed by atoms with Crippen LogP contribution in [0.2, 0.25) is 0 Å². The first-order valence-electron chi connectivity index (χ1n) is 10.0. The highest BCUT2D eigenvalue weighted by molar-refractivity contribution is 5.92. The molecule has 0 bridgehead atoms. The minimum atomic E-state index is -0.971. The molecule has 8 heteroatoms. The lowest BCUT2D eigenvalue weighted by Gasteiger charge is -2.37. The van der Waals surface area contributed by atoms with Crippen LogP contribution in [0.3, 0.4) is 0 Å². The molecule has 2 amide bonds. The largest absolute Gasteiger partial charge is 0.459 e. The van der Waals surface area contributed by atoms with E-state index in [0.29, 0.717) is 44.3 Å². The van der Waals surface area contributed by atoms with Crippen molar-refractivity contribution in [2.45, 2.75) is 50.5 Å². The van der Waals surface area contributed by atoms with Crippen LogP contribution in [0, 0.1) is 0 Å². The van der Waals surface area contributed by atoms with Crippen LogP contribution < -0.4 is 0 Å². The zero-order valence-electron chi connectivity index (χ0n) is 16.8. The molecule has 4 heterocycles. The van der Waals surface area contributed by atoms with Crippen molar-refractivity contribution in [1.82, 2.24) is 9.80 Å². The molecule has 2 atom stereocenters. The molecule has 3 aliphatic heterocycles. The van der Waals surface area contributed by atoms with Gasteiger partial charge < -0.3 is 19.0 Å². The Morgan fingerprint density at radius 2 is 2.00 bits per heavy atom. The molecule has 1 aromatic heterocycles. The Hall–Kier alpha value is -2.74. The van der Waals surface area contributed by atoms with Crippen molar-refractivity contribution in [3.63, 3.8) is 0 Å². The molecular weight excluding hydrogens is 394 g/mol. The fourth-order valence-corrected chi connectivity index (χ4v) is 4.54. The summed E-state index contributed by atoms with van der Waals surface area (Å²) in [5.74, 6) is -1.46. The molecule has 0 aliphatic carbocycles. The second-order valence-corrected chi connectivity index (χ2v) is 7.98. The summed E-state index contributed by atoms with van der Waals surface area (Å²) in [4.78, 5) is 29.1. The summed E-state index contributed by atoms with van der Waals surface area (Å²) in [7, 11) is 0. The fraction of sp³-hybridized carbons (Fsp3) is 0.455. The Balaban J connectivity index is 1.44. The van der Waals surface area contributed by atoms with Crippen LogP contribution in [-0.2, 0) is 9.53 Å². The first kappa shape index (κ1) is 20.5. The molecule has 4 rings (SSSR count). The average Bonchev–Trinajstić information content (AvgIpc) is 3.41. The molecule has 0 aromatic carbocycles. The number of rotatable bonds is 4. The van der Waals surface area contributed by atoms with Crippen LogP contribution in [-0.4, -0.2) is 52.6 Å². The second kappa shape index (κ2) is 7.83. The lowest BCUT2D eigenvalue weighted by atomic mass is 9.89. The summed E-state index contributed by atoms with van der Waals surface area (Å²) in [6, 6.07) is 2.89. The van der Waals surface area contributed by atoms with E-state index in [1.165, 1.54) is 12.3 Å². The first-order valence-corrected chi connectivity index (χ1v) is 10.0. The fourth-order valence-electron chi connectivity index (χ4n) is 4.54. The molecule has 1 spiro atoms. The summed E-state index contributed by atoms with van der Waals surface area (Å²) in [6.07, 6.45) is 5.02. The summed E-state index contributed by atoms with van der Waals surface area (Å²) in [5.41, 5.74) is -0.562. The Morgan fingerprint density at radius 3 is 2.63 bits per heavy atom. The monoisotopic (exact) mass is 418 g/mol. The molecule has 0 N–H and O–H groups in total. The number of allylic oxidation sites excluding steroid dienone is 3.